The van der Waals surface area contributed by atoms with Crippen molar-refractivity contribution in [2.24, 2.45) is 11.3 Å². The second-order valence-corrected chi connectivity index (χ2v) is 7.24. The predicted octanol–water partition coefficient (Wildman–Crippen LogP) is 2.84. The molecule has 2 unspecified atom stereocenters. The van der Waals surface area contributed by atoms with Gasteiger partial charge in [0.15, 0.2) is 11.5 Å². The molecule has 138 valence electrons. The molecule has 1 aromatic rings. The Morgan fingerprint density at radius 2 is 2.00 bits per heavy atom. The maximum absolute atomic E-state index is 12.7. The minimum Gasteiger partial charge on any atom is -0.486 e. The van der Waals surface area contributed by atoms with Gasteiger partial charge in [0.25, 0.3) is 0 Å². The standard InChI is InChI=1S/C19H26N2O3.ClH/c1-2-15(13-3-4-16-17(11-13)24-10-9-23-16)21-18(22)14-12-19(14)5-7-20-8-6-19;/h3-4,11,14-15,20H,2,5-10,12H2,1H3,(H,21,22);1H. The first-order chi connectivity index (χ1) is 11.7. The highest BCUT2D eigenvalue weighted by Crippen LogP contribution is 2.58. The van der Waals surface area contributed by atoms with Gasteiger partial charge in [-0.25, -0.2) is 0 Å². The predicted molar refractivity (Wildman–Crippen MR) is 98.5 cm³/mol. The molecule has 1 spiro atoms. The van der Waals surface area contributed by atoms with Gasteiger partial charge in [-0.3, -0.25) is 4.79 Å². The SMILES string of the molecule is CCC(NC(=O)C1CC12CCNCC2)c1ccc2c(c1)OCCO2.Cl. The Morgan fingerprint density at radius 3 is 2.72 bits per heavy atom. The summed E-state index contributed by atoms with van der Waals surface area (Å²) < 4.78 is 11.2. The van der Waals surface area contributed by atoms with Gasteiger partial charge in [-0.2, -0.15) is 0 Å². The number of carbonyl (C=O) groups excluding carboxylic acids is 1. The number of nitrogens with one attached hydrogen (secondary N) is 2. The molecule has 1 saturated carbocycles. The Labute approximate surface area is 155 Å². The van der Waals surface area contributed by atoms with E-state index in [1.54, 1.807) is 0 Å². The average Bonchev–Trinajstić information content (AvgIpc) is 3.32. The largest absolute Gasteiger partial charge is 0.486 e. The molecule has 4 rings (SSSR count). The zero-order valence-electron chi connectivity index (χ0n) is 14.7. The Kier molecular flexibility index (Phi) is 5.44. The van der Waals surface area contributed by atoms with Crippen LogP contribution in [0, 0.1) is 11.3 Å². The number of hydrogen-bond acceptors (Lipinski definition) is 4. The van der Waals surface area contributed by atoms with Crippen molar-refractivity contribution in [1.29, 1.82) is 0 Å². The van der Waals surface area contributed by atoms with Gasteiger partial charge >= 0.3 is 0 Å². The Morgan fingerprint density at radius 1 is 1.28 bits per heavy atom. The lowest BCUT2D eigenvalue weighted by Gasteiger charge is -2.25. The van der Waals surface area contributed by atoms with Crippen molar-refractivity contribution in [2.75, 3.05) is 26.3 Å². The first kappa shape index (κ1) is 18.3. The smallest absolute Gasteiger partial charge is 0.224 e. The van der Waals surface area contributed by atoms with Crippen LogP contribution >= 0.6 is 12.4 Å². The Bertz CT molecular complexity index is 631. The number of hydrogen-bond donors (Lipinski definition) is 2. The van der Waals surface area contributed by atoms with Crippen LogP contribution in [0.1, 0.15) is 44.2 Å². The van der Waals surface area contributed by atoms with Crippen molar-refractivity contribution in [2.45, 2.75) is 38.6 Å². The van der Waals surface area contributed by atoms with E-state index in [4.69, 9.17) is 9.47 Å². The normalized spacial score (nSPS) is 24.1. The van der Waals surface area contributed by atoms with Crippen molar-refractivity contribution in [3.05, 3.63) is 23.8 Å². The minimum absolute atomic E-state index is 0. The summed E-state index contributed by atoms with van der Waals surface area (Å²) in [7, 11) is 0. The molecule has 2 aliphatic heterocycles. The number of carbonyl (C=O) groups is 1. The van der Waals surface area contributed by atoms with Crippen LogP contribution in [0.4, 0.5) is 0 Å². The zero-order chi connectivity index (χ0) is 16.6. The van der Waals surface area contributed by atoms with Crippen LogP contribution < -0.4 is 20.1 Å². The van der Waals surface area contributed by atoms with Gasteiger partial charge in [-0.05, 0) is 61.9 Å². The lowest BCUT2D eigenvalue weighted by Crippen LogP contribution is -2.35. The van der Waals surface area contributed by atoms with Crippen LogP contribution in [-0.4, -0.2) is 32.2 Å². The monoisotopic (exact) mass is 366 g/mol. The fourth-order valence-electron chi connectivity index (χ4n) is 4.17. The van der Waals surface area contributed by atoms with E-state index >= 15 is 0 Å². The quantitative estimate of drug-likeness (QED) is 0.860. The first-order valence-corrected chi connectivity index (χ1v) is 9.12. The van der Waals surface area contributed by atoms with E-state index in [9.17, 15) is 4.79 Å². The fourth-order valence-corrected chi connectivity index (χ4v) is 4.17. The molecule has 2 heterocycles. The van der Waals surface area contributed by atoms with Crippen molar-refractivity contribution in [3.8, 4) is 11.5 Å². The number of piperidine rings is 1. The van der Waals surface area contributed by atoms with Crippen LogP contribution in [-0.2, 0) is 4.79 Å². The third kappa shape index (κ3) is 3.58. The lowest BCUT2D eigenvalue weighted by molar-refractivity contribution is -0.124. The molecular formula is C19H27ClN2O3. The maximum atomic E-state index is 12.7. The molecule has 2 fully saturated rings. The molecule has 6 heteroatoms. The molecule has 1 aliphatic carbocycles. The van der Waals surface area contributed by atoms with Crippen LogP contribution in [0.2, 0.25) is 0 Å². The van der Waals surface area contributed by atoms with Crippen molar-refractivity contribution >= 4 is 18.3 Å². The zero-order valence-corrected chi connectivity index (χ0v) is 15.5. The summed E-state index contributed by atoms with van der Waals surface area (Å²) in [6.07, 6.45) is 4.18. The number of fused-ring (bicyclic) bond motifs is 1. The first-order valence-electron chi connectivity index (χ1n) is 9.12. The van der Waals surface area contributed by atoms with Crippen LogP contribution in [0.5, 0.6) is 11.5 Å². The fraction of sp³-hybridized carbons (Fsp3) is 0.632. The Hall–Kier alpha value is -1.46. The number of amides is 1. The molecule has 0 bridgehead atoms. The number of halogens is 1. The van der Waals surface area contributed by atoms with Crippen LogP contribution in [0.3, 0.4) is 0 Å². The minimum atomic E-state index is 0. The third-order valence-corrected chi connectivity index (χ3v) is 5.80. The summed E-state index contributed by atoms with van der Waals surface area (Å²) in [6.45, 7) is 5.37. The highest BCUT2D eigenvalue weighted by molar-refractivity contribution is 5.85. The number of benzene rings is 1. The molecule has 1 saturated heterocycles. The van der Waals surface area contributed by atoms with E-state index in [2.05, 4.69) is 17.6 Å². The number of ether oxygens (including phenoxy) is 2. The van der Waals surface area contributed by atoms with Gasteiger partial charge in [0.1, 0.15) is 13.2 Å². The van der Waals surface area contributed by atoms with Crippen LogP contribution in [0.15, 0.2) is 18.2 Å². The van der Waals surface area contributed by atoms with Gasteiger partial charge in [0, 0.05) is 5.92 Å². The molecule has 1 aromatic carbocycles. The summed E-state index contributed by atoms with van der Waals surface area (Å²) in [5.41, 5.74) is 1.37. The molecule has 3 aliphatic rings. The van der Waals surface area contributed by atoms with Crippen molar-refractivity contribution < 1.29 is 14.3 Å². The lowest BCUT2D eigenvalue weighted by atomic mass is 9.91. The van der Waals surface area contributed by atoms with Crippen molar-refractivity contribution in [3.63, 3.8) is 0 Å². The molecule has 0 aromatic heterocycles. The van der Waals surface area contributed by atoms with Crippen LogP contribution in [0.25, 0.3) is 0 Å². The van der Waals surface area contributed by atoms with Crippen molar-refractivity contribution in [1.82, 2.24) is 10.6 Å². The topological polar surface area (TPSA) is 59.6 Å². The highest BCUT2D eigenvalue weighted by atomic mass is 35.5. The molecule has 0 radical (unpaired) electrons. The molecular weight excluding hydrogens is 340 g/mol. The van der Waals surface area contributed by atoms with E-state index in [0.717, 1.165) is 55.8 Å². The van der Waals surface area contributed by atoms with E-state index in [-0.39, 0.29) is 35.7 Å². The molecule has 2 atom stereocenters. The van der Waals surface area contributed by atoms with E-state index in [1.807, 2.05) is 18.2 Å². The highest BCUT2D eigenvalue weighted by Gasteiger charge is 2.57. The van der Waals surface area contributed by atoms with Gasteiger partial charge < -0.3 is 20.1 Å². The summed E-state index contributed by atoms with van der Waals surface area (Å²) in [5, 5.41) is 6.66. The molecule has 2 N–H and O–H groups in total. The van der Waals surface area contributed by atoms with Gasteiger partial charge in [-0.1, -0.05) is 13.0 Å². The average molecular weight is 367 g/mol. The Balaban J connectivity index is 0.00000182. The summed E-state index contributed by atoms with van der Waals surface area (Å²) in [5.74, 6) is 2.00. The van der Waals surface area contributed by atoms with Gasteiger partial charge in [0.05, 0.1) is 6.04 Å². The molecule has 25 heavy (non-hydrogen) atoms. The molecule has 1 amide bonds. The molecule has 5 nitrogen and oxygen atoms in total. The second kappa shape index (κ2) is 7.42. The summed E-state index contributed by atoms with van der Waals surface area (Å²) in [6, 6.07) is 6.03. The van der Waals surface area contributed by atoms with Gasteiger partial charge in [-0.15, -0.1) is 12.4 Å². The van der Waals surface area contributed by atoms with Gasteiger partial charge in [0.2, 0.25) is 5.91 Å². The van der Waals surface area contributed by atoms with E-state index in [0.29, 0.717) is 13.2 Å². The van der Waals surface area contributed by atoms with E-state index < -0.39 is 0 Å². The maximum Gasteiger partial charge on any atom is 0.224 e. The van der Waals surface area contributed by atoms with E-state index in [1.165, 1.54) is 0 Å². The summed E-state index contributed by atoms with van der Waals surface area (Å²) >= 11 is 0. The third-order valence-electron chi connectivity index (χ3n) is 5.80. The number of rotatable bonds is 4. The summed E-state index contributed by atoms with van der Waals surface area (Å²) in [4.78, 5) is 12.7. The second-order valence-electron chi connectivity index (χ2n) is 7.24.